The molecule has 0 aliphatic rings. The van der Waals surface area contributed by atoms with Crippen LogP contribution in [0, 0.1) is 11.8 Å². The molecule has 0 atom stereocenters. The van der Waals surface area contributed by atoms with Crippen molar-refractivity contribution in [1.29, 1.82) is 0 Å². The molecule has 5 nitrogen and oxygen atoms in total. The molecule has 0 aliphatic heterocycles. The molecule has 0 saturated carbocycles. The number of benzene rings is 1. The molecular formula is C13H18N2O3S. The van der Waals surface area contributed by atoms with Crippen LogP contribution in [0.4, 0.5) is 0 Å². The number of nitrogens with zero attached hydrogens (tertiary/aromatic N) is 1. The van der Waals surface area contributed by atoms with Gasteiger partial charge in [-0.25, -0.2) is 4.72 Å². The Morgan fingerprint density at radius 3 is 2.68 bits per heavy atom. The van der Waals surface area contributed by atoms with Crippen molar-refractivity contribution in [3.8, 4) is 11.8 Å². The zero-order chi connectivity index (χ0) is 14.3. The van der Waals surface area contributed by atoms with Crippen LogP contribution in [0.15, 0.2) is 24.3 Å². The lowest BCUT2D eigenvalue weighted by Crippen LogP contribution is -2.37. The van der Waals surface area contributed by atoms with Crippen LogP contribution in [0.2, 0.25) is 0 Å². The van der Waals surface area contributed by atoms with Crippen LogP contribution in [0.25, 0.3) is 0 Å². The quantitative estimate of drug-likeness (QED) is 0.764. The van der Waals surface area contributed by atoms with E-state index in [0.717, 1.165) is 11.1 Å². The average molecular weight is 282 g/mol. The fourth-order valence-electron chi connectivity index (χ4n) is 1.53. The highest BCUT2D eigenvalue weighted by molar-refractivity contribution is 7.87. The van der Waals surface area contributed by atoms with Gasteiger partial charge in [0.1, 0.15) is 6.61 Å². The first-order valence-electron chi connectivity index (χ1n) is 5.89. The molecule has 1 rings (SSSR count). The average Bonchev–Trinajstić information content (AvgIpc) is 2.37. The molecule has 0 aromatic heterocycles. The van der Waals surface area contributed by atoms with Crippen molar-refractivity contribution in [2.45, 2.75) is 13.5 Å². The maximum absolute atomic E-state index is 11.8. The summed E-state index contributed by atoms with van der Waals surface area (Å²) in [4.78, 5) is 0. The first-order chi connectivity index (χ1) is 9.01. The second-order valence-corrected chi connectivity index (χ2v) is 5.74. The Balaban J connectivity index is 2.94. The van der Waals surface area contributed by atoms with Gasteiger partial charge in [-0.1, -0.05) is 37.0 Å². The van der Waals surface area contributed by atoms with Crippen molar-refractivity contribution in [3.63, 3.8) is 0 Å². The van der Waals surface area contributed by atoms with Crippen molar-refractivity contribution in [2.75, 3.05) is 20.2 Å². The predicted molar refractivity (Wildman–Crippen MR) is 74.5 cm³/mol. The fourth-order valence-corrected chi connectivity index (χ4v) is 2.43. The summed E-state index contributed by atoms with van der Waals surface area (Å²) in [6.07, 6.45) is 0. The summed E-state index contributed by atoms with van der Waals surface area (Å²) in [5.41, 5.74) is 1.52. The Kier molecular flexibility index (Phi) is 5.99. The molecular weight excluding hydrogens is 264 g/mol. The van der Waals surface area contributed by atoms with Gasteiger partial charge in [0.15, 0.2) is 0 Å². The van der Waals surface area contributed by atoms with Crippen LogP contribution in [0.1, 0.15) is 18.1 Å². The Labute approximate surface area is 114 Å². The third-order valence-corrected chi connectivity index (χ3v) is 4.05. The molecule has 0 heterocycles. The SMILES string of the molecule is CCNS(=O)(=O)N(C)Cc1ccccc1C#CCO. The van der Waals surface area contributed by atoms with E-state index in [1.54, 1.807) is 13.0 Å². The van der Waals surface area contributed by atoms with Crippen LogP contribution in [0.3, 0.4) is 0 Å². The highest BCUT2D eigenvalue weighted by Gasteiger charge is 2.17. The molecule has 104 valence electrons. The molecule has 0 saturated heterocycles. The minimum atomic E-state index is -3.46. The van der Waals surface area contributed by atoms with Gasteiger partial charge in [0.25, 0.3) is 10.2 Å². The lowest BCUT2D eigenvalue weighted by molar-refractivity contribution is 0.350. The van der Waals surface area contributed by atoms with E-state index >= 15 is 0 Å². The summed E-state index contributed by atoms with van der Waals surface area (Å²) < 4.78 is 27.3. The second kappa shape index (κ2) is 7.26. The highest BCUT2D eigenvalue weighted by atomic mass is 32.2. The fraction of sp³-hybridized carbons (Fsp3) is 0.385. The minimum absolute atomic E-state index is 0.222. The van der Waals surface area contributed by atoms with E-state index < -0.39 is 10.2 Å². The molecule has 0 fully saturated rings. The van der Waals surface area contributed by atoms with Crippen LogP contribution < -0.4 is 4.72 Å². The van der Waals surface area contributed by atoms with Crippen molar-refractivity contribution in [2.24, 2.45) is 0 Å². The van der Waals surface area contributed by atoms with Gasteiger partial charge in [0.05, 0.1) is 0 Å². The van der Waals surface area contributed by atoms with E-state index in [1.807, 2.05) is 18.2 Å². The third kappa shape index (κ3) is 4.65. The molecule has 6 heteroatoms. The highest BCUT2D eigenvalue weighted by Crippen LogP contribution is 2.11. The third-order valence-electron chi connectivity index (χ3n) is 2.45. The second-order valence-electron chi connectivity index (χ2n) is 3.88. The summed E-state index contributed by atoms with van der Waals surface area (Å²) in [6, 6.07) is 7.27. The van der Waals surface area contributed by atoms with E-state index in [2.05, 4.69) is 16.6 Å². The van der Waals surface area contributed by atoms with Crippen LogP contribution >= 0.6 is 0 Å². The van der Waals surface area contributed by atoms with E-state index in [0.29, 0.717) is 6.54 Å². The van der Waals surface area contributed by atoms with Crippen molar-refractivity contribution >= 4 is 10.2 Å². The maximum atomic E-state index is 11.8. The normalized spacial score (nSPS) is 11.2. The zero-order valence-corrected chi connectivity index (χ0v) is 11.9. The van der Waals surface area contributed by atoms with Crippen molar-refractivity contribution < 1.29 is 13.5 Å². The van der Waals surface area contributed by atoms with Gasteiger partial charge in [-0.3, -0.25) is 0 Å². The number of rotatable bonds is 5. The van der Waals surface area contributed by atoms with E-state index in [9.17, 15) is 8.42 Å². The van der Waals surface area contributed by atoms with Gasteiger partial charge in [-0.2, -0.15) is 12.7 Å². The molecule has 0 amide bonds. The van der Waals surface area contributed by atoms with Gasteiger partial charge < -0.3 is 5.11 Å². The topological polar surface area (TPSA) is 69.6 Å². The van der Waals surface area contributed by atoms with Crippen LogP contribution in [0.5, 0.6) is 0 Å². The smallest absolute Gasteiger partial charge is 0.279 e. The molecule has 0 spiro atoms. The van der Waals surface area contributed by atoms with Crippen molar-refractivity contribution in [1.82, 2.24) is 9.03 Å². The first-order valence-corrected chi connectivity index (χ1v) is 7.33. The summed E-state index contributed by atoms with van der Waals surface area (Å²) in [5.74, 6) is 5.37. The standard InChI is InChI=1S/C13H18N2O3S/c1-3-14-19(17,18)15(2)11-13-8-5-4-7-12(13)9-6-10-16/h4-5,7-8,14,16H,3,10-11H2,1-2H3. The summed E-state index contributed by atoms with van der Waals surface area (Å²) in [7, 11) is -1.95. The van der Waals surface area contributed by atoms with Crippen molar-refractivity contribution in [3.05, 3.63) is 35.4 Å². The number of nitrogens with one attached hydrogen (secondary N) is 1. The zero-order valence-electron chi connectivity index (χ0n) is 11.0. The lowest BCUT2D eigenvalue weighted by atomic mass is 10.1. The van der Waals surface area contributed by atoms with E-state index in [4.69, 9.17) is 5.11 Å². The van der Waals surface area contributed by atoms with Gasteiger partial charge in [0, 0.05) is 25.7 Å². The Morgan fingerprint density at radius 2 is 2.05 bits per heavy atom. The number of hydrogen-bond acceptors (Lipinski definition) is 3. The predicted octanol–water partition coefficient (Wildman–Crippen LogP) is 0.317. The number of aliphatic hydroxyl groups is 1. The lowest BCUT2D eigenvalue weighted by Gasteiger charge is -2.17. The molecule has 2 N–H and O–H groups in total. The molecule has 0 aliphatic carbocycles. The Hall–Kier alpha value is -1.39. The molecule has 1 aromatic rings. The summed E-state index contributed by atoms with van der Waals surface area (Å²) in [6.45, 7) is 2.08. The molecule has 19 heavy (non-hydrogen) atoms. The molecule has 0 unspecified atom stereocenters. The number of hydrogen-bond donors (Lipinski definition) is 2. The summed E-state index contributed by atoms with van der Waals surface area (Å²) >= 11 is 0. The first kappa shape index (κ1) is 15.7. The van der Waals surface area contributed by atoms with Gasteiger partial charge in [-0.05, 0) is 11.6 Å². The van der Waals surface area contributed by atoms with E-state index in [1.165, 1.54) is 11.4 Å². The largest absolute Gasteiger partial charge is 0.384 e. The van der Waals surface area contributed by atoms with Crippen LogP contribution in [-0.4, -0.2) is 38.0 Å². The van der Waals surface area contributed by atoms with Gasteiger partial charge >= 0.3 is 0 Å². The molecule has 0 radical (unpaired) electrons. The Bertz CT molecular complexity index is 573. The maximum Gasteiger partial charge on any atom is 0.279 e. The van der Waals surface area contributed by atoms with Gasteiger partial charge in [-0.15, -0.1) is 0 Å². The minimum Gasteiger partial charge on any atom is -0.384 e. The van der Waals surface area contributed by atoms with Crippen LogP contribution in [-0.2, 0) is 16.8 Å². The molecule has 0 bridgehead atoms. The molecule has 1 aromatic carbocycles. The number of aliphatic hydroxyl groups excluding tert-OH is 1. The summed E-state index contributed by atoms with van der Waals surface area (Å²) in [5, 5.41) is 8.71. The monoisotopic (exact) mass is 282 g/mol. The van der Waals surface area contributed by atoms with E-state index in [-0.39, 0.29) is 13.2 Å². The van der Waals surface area contributed by atoms with Gasteiger partial charge in [0.2, 0.25) is 0 Å². The Morgan fingerprint density at radius 1 is 1.37 bits per heavy atom.